The van der Waals surface area contributed by atoms with Crippen molar-refractivity contribution in [2.75, 3.05) is 26.2 Å². The first-order chi connectivity index (χ1) is 14.3. The number of hydrogen-bond acceptors (Lipinski definition) is 4. The van der Waals surface area contributed by atoms with Gasteiger partial charge < -0.3 is 10.1 Å². The Labute approximate surface area is 186 Å². The maximum atomic E-state index is 12.7. The summed E-state index contributed by atoms with van der Waals surface area (Å²) in [6, 6.07) is 15.0. The Balaban J connectivity index is 1.41. The van der Waals surface area contributed by atoms with Gasteiger partial charge in [-0.1, -0.05) is 46.3 Å². The van der Waals surface area contributed by atoms with Crippen molar-refractivity contribution in [2.24, 2.45) is 5.92 Å². The fourth-order valence-electron chi connectivity index (χ4n) is 3.48. The van der Waals surface area contributed by atoms with Gasteiger partial charge in [-0.15, -0.1) is 0 Å². The van der Waals surface area contributed by atoms with Gasteiger partial charge in [0.2, 0.25) is 15.9 Å². The number of carbonyl (C=O) groups excluding carboxylic acids is 1. The van der Waals surface area contributed by atoms with E-state index >= 15 is 0 Å². The van der Waals surface area contributed by atoms with E-state index in [1.54, 1.807) is 12.1 Å². The van der Waals surface area contributed by atoms with Crippen LogP contribution in [0, 0.1) is 12.8 Å². The molecule has 0 saturated carbocycles. The lowest BCUT2D eigenvalue weighted by Gasteiger charge is -2.30. The molecule has 1 N–H and O–H groups in total. The Hall–Kier alpha value is -1.90. The van der Waals surface area contributed by atoms with Gasteiger partial charge in [0.25, 0.3) is 0 Å². The van der Waals surface area contributed by atoms with E-state index in [-0.39, 0.29) is 17.6 Å². The molecule has 2 aromatic carbocycles. The van der Waals surface area contributed by atoms with Gasteiger partial charge in [-0.25, -0.2) is 12.7 Å². The van der Waals surface area contributed by atoms with Crippen LogP contribution in [-0.2, 0) is 20.6 Å². The van der Waals surface area contributed by atoms with E-state index < -0.39 is 10.0 Å². The van der Waals surface area contributed by atoms with Crippen molar-refractivity contribution in [3.63, 3.8) is 0 Å². The Bertz CT molecular complexity index is 955. The summed E-state index contributed by atoms with van der Waals surface area (Å²) < 4.78 is 33.5. The predicted molar refractivity (Wildman–Crippen MR) is 121 cm³/mol. The van der Waals surface area contributed by atoms with E-state index in [9.17, 15) is 13.2 Å². The minimum Gasteiger partial charge on any atom is -0.491 e. The van der Waals surface area contributed by atoms with Crippen LogP contribution in [0.1, 0.15) is 24.0 Å². The highest BCUT2D eigenvalue weighted by atomic mass is 79.9. The topological polar surface area (TPSA) is 75.7 Å². The summed E-state index contributed by atoms with van der Waals surface area (Å²) in [4.78, 5) is 12.4. The van der Waals surface area contributed by atoms with Crippen LogP contribution in [-0.4, -0.2) is 44.9 Å². The molecule has 0 aromatic heterocycles. The Morgan fingerprint density at radius 3 is 2.47 bits per heavy atom. The summed E-state index contributed by atoms with van der Waals surface area (Å²) in [5.41, 5.74) is 1.81. The summed E-state index contributed by atoms with van der Waals surface area (Å²) in [5.74, 6) is 0.597. The maximum Gasteiger partial charge on any atom is 0.223 e. The molecule has 2 aromatic rings. The average Bonchev–Trinajstić information content (AvgIpc) is 2.74. The average molecular weight is 495 g/mol. The fourth-order valence-corrected chi connectivity index (χ4v) is 5.30. The number of sulfonamides is 1. The quantitative estimate of drug-likeness (QED) is 0.569. The molecule has 0 spiro atoms. The number of hydrogen-bond donors (Lipinski definition) is 1. The van der Waals surface area contributed by atoms with E-state index in [0.29, 0.717) is 39.1 Å². The van der Waals surface area contributed by atoms with Gasteiger partial charge in [0.15, 0.2) is 0 Å². The second-order valence-corrected chi connectivity index (χ2v) is 10.3. The zero-order valence-electron chi connectivity index (χ0n) is 17.0. The smallest absolute Gasteiger partial charge is 0.223 e. The third-order valence-corrected chi connectivity index (χ3v) is 7.61. The van der Waals surface area contributed by atoms with Gasteiger partial charge in [-0.05, 0) is 49.1 Å². The SMILES string of the molecule is Cc1ccccc1OCCNC(=O)C1CCN(S(=O)(=O)Cc2ccc(Br)cc2)CC1. The second-order valence-electron chi connectivity index (χ2n) is 7.46. The van der Waals surface area contributed by atoms with E-state index in [1.165, 1.54) is 4.31 Å². The van der Waals surface area contributed by atoms with Crippen LogP contribution >= 0.6 is 15.9 Å². The molecule has 6 nitrogen and oxygen atoms in total. The number of nitrogens with zero attached hydrogens (tertiary/aromatic N) is 1. The zero-order valence-corrected chi connectivity index (χ0v) is 19.4. The molecular formula is C22H27BrN2O4S. The molecule has 0 atom stereocenters. The lowest BCUT2D eigenvalue weighted by atomic mass is 9.97. The summed E-state index contributed by atoms with van der Waals surface area (Å²) in [5, 5.41) is 2.90. The number of rotatable bonds is 8. The van der Waals surface area contributed by atoms with E-state index in [2.05, 4.69) is 21.2 Å². The number of benzene rings is 2. The first-order valence-electron chi connectivity index (χ1n) is 10.0. The van der Waals surface area contributed by atoms with Gasteiger partial charge in [-0.2, -0.15) is 0 Å². The van der Waals surface area contributed by atoms with Gasteiger partial charge >= 0.3 is 0 Å². The molecule has 1 aliphatic heterocycles. The van der Waals surface area contributed by atoms with Crippen LogP contribution in [0.4, 0.5) is 0 Å². The first-order valence-corrected chi connectivity index (χ1v) is 12.4. The van der Waals surface area contributed by atoms with Crippen molar-refractivity contribution in [1.29, 1.82) is 0 Å². The van der Waals surface area contributed by atoms with Crippen LogP contribution in [0.3, 0.4) is 0 Å². The van der Waals surface area contributed by atoms with Gasteiger partial charge in [0, 0.05) is 23.5 Å². The molecule has 30 heavy (non-hydrogen) atoms. The molecule has 162 valence electrons. The van der Waals surface area contributed by atoms with Crippen LogP contribution in [0.5, 0.6) is 5.75 Å². The van der Waals surface area contributed by atoms with Gasteiger partial charge in [0.1, 0.15) is 12.4 Å². The van der Waals surface area contributed by atoms with Crippen molar-refractivity contribution in [3.8, 4) is 5.75 Å². The molecule has 1 heterocycles. The van der Waals surface area contributed by atoms with E-state index in [0.717, 1.165) is 21.3 Å². The molecule has 1 amide bonds. The molecule has 0 aliphatic carbocycles. The van der Waals surface area contributed by atoms with Crippen molar-refractivity contribution in [1.82, 2.24) is 9.62 Å². The minimum absolute atomic E-state index is 0.0205. The summed E-state index contributed by atoms with van der Waals surface area (Å²) in [6.45, 7) is 3.55. The van der Waals surface area contributed by atoms with Crippen LogP contribution in [0.2, 0.25) is 0 Å². The van der Waals surface area contributed by atoms with Crippen molar-refractivity contribution in [2.45, 2.75) is 25.5 Å². The predicted octanol–water partition coefficient (Wildman–Crippen LogP) is 3.49. The number of halogens is 1. The highest BCUT2D eigenvalue weighted by Gasteiger charge is 2.31. The second kappa shape index (κ2) is 10.4. The summed E-state index contributed by atoms with van der Waals surface area (Å²) in [7, 11) is -3.39. The molecule has 1 saturated heterocycles. The van der Waals surface area contributed by atoms with Crippen LogP contribution in [0.25, 0.3) is 0 Å². The summed E-state index contributed by atoms with van der Waals surface area (Å²) >= 11 is 3.35. The fraction of sp³-hybridized carbons (Fsp3) is 0.409. The Morgan fingerprint density at radius 1 is 1.13 bits per heavy atom. The third-order valence-electron chi connectivity index (χ3n) is 5.23. The van der Waals surface area contributed by atoms with Crippen LogP contribution < -0.4 is 10.1 Å². The Kier molecular flexibility index (Phi) is 7.91. The number of nitrogens with one attached hydrogen (secondary N) is 1. The zero-order chi connectivity index (χ0) is 21.6. The van der Waals surface area contributed by atoms with E-state index in [4.69, 9.17) is 4.74 Å². The number of ether oxygens (including phenoxy) is 1. The Morgan fingerprint density at radius 2 is 1.80 bits per heavy atom. The van der Waals surface area contributed by atoms with Crippen molar-refractivity contribution in [3.05, 3.63) is 64.1 Å². The highest BCUT2D eigenvalue weighted by molar-refractivity contribution is 9.10. The number of para-hydroxylation sites is 1. The molecule has 0 radical (unpaired) electrons. The molecule has 3 rings (SSSR count). The maximum absolute atomic E-state index is 12.7. The number of aryl methyl sites for hydroxylation is 1. The largest absolute Gasteiger partial charge is 0.491 e. The highest BCUT2D eigenvalue weighted by Crippen LogP contribution is 2.22. The third kappa shape index (κ3) is 6.30. The monoisotopic (exact) mass is 494 g/mol. The molecule has 1 aliphatic rings. The molecule has 0 bridgehead atoms. The van der Waals surface area contributed by atoms with Crippen molar-refractivity contribution < 1.29 is 17.9 Å². The van der Waals surface area contributed by atoms with Crippen LogP contribution in [0.15, 0.2) is 53.0 Å². The number of carbonyl (C=O) groups is 1. The lowest BCUT2D eigenvalue weighted by Crippen LogP contribution is -2.43. The van der Waals surface area contributed by atoms with Crippen molar-refractivity contribution >= 4 is 31.9 Å². The number of piperidine rings is 1. The molecule has 8 heteroatoms. The standard InChI is InChI=1S/C22H27BrN2O4S/c1-17-4-2-3-5-21(17)29-15-12-24-22(26)19-10-13-25(14-11-19)30(27,28)16-18-6-8-20(23)9-7-18/h2-9,19H,10-16H2,1H3,(H,24,26). The van der Waals surface area contributed by atoms with Gasteiger partial charge in [0.05, 0.1) is 12.3 Å². The normalized spacial score (nSPS) is 15.7. The lowest BCUT2D eigenvalue weighted by molar-refractivity contribution is -0.126. The number of amides is 1. The first kappa shape index (κ1) is 22.8. The molecular weight excluding hydrogens is 468 g/mol. The van der Waals surface area contributed by atoms with E-state index in [1.807, 2.05) is 43.3 Å². The molecule has 1 fully saturated rings. The summed E-state index contributed by atoms with van der Waals surface area (Å²) in [6.07, 6.45) is 1.06. The minimum atomic E-state index is -3.39. The molecule has 0 unspecified atom stereocenters. The van der Waals surface area contributed by atoms with Gasteiger partial charge in [-0.3, -0.25) is 4.79 Å².